The van der Waals surface area contributed by atoms with Crippen molar-refractivity contribution < 1.29 is 0 Å². The molecule has 0 amide bonds. The molecule has 1 atom stereocenters. The molecule has 1 aromatic heterocycles. The first-order valence-electron chi connectivity index (χ1n) is 4.68. The third-order valence-corrected chi connectivity index (χ3v) is 4.13. The Labute approximate surface area is 76.0 Å². The van der Waals surface area contributed by atoms with Gasteiger partial charge in [0.15, 0.2) is 0 Å². The van der Waals surface area contributed by atoms with E-state index in [-0.39, 0.29) is 7.53 Å². The molecule has 1 unspecified atom stereocenters. The predicted molar refractivity (Wildman–Crippen MR) is 55.1 cm³/mol. The van der Waals surface area contributed by atoms with Crippen LogP contribution in [0.1, 0.15) is 32.6 Å². The summed E-state index contributed by atoms with van der Waals surface area (Å²) in [6.07, 6.45) is 6.37. The number of nitrogens with zero attached hydrogens (tertiary/aromatic N) is 1. The Morgan fingerprint density at radius 2 is 2.17 bits per heavy atom. The second-order valence-corrected chi connectivity index (χ2v) is 5.26. The van der Waals surface area contributed by atoms with Gasteiger partial charge in [0.25, 0.3) is 0 Å². The number of hydrogen-bond donors (Lipinski definition) is 0. The smallest absolute Gasteiger partial charge is 0.104 e. The van der Waals surface area contributed by atoms with E-state index in [1.165, 1.54) is 31.8 Å². The monoisotopic (exact) mass is 181 g/mol. The van der Waals surface area contributed by atoms with Crippen LogP contribution in [0, 0.1) is 0 Å². The minimum Gasteiger partial charge on any atom is -0.146 e. The first kappa shape index (κ1) is 9.67. The Morgan fingerprint density at radius 3 is 2.75 bits per heavy atom. The molecule has 2 heteroatoms. The minimum absolute atomic E-state index is 0.287. The highest BCUT2D eigenvalue weighted by Crippen LogP contribution is 2.39. The maximum atomic E-state index is 9.37. The molecule has 0 saturated heterocycles. The van der Waals surface area contributed by atoms with Crippen LogP contribution in [0.2, 0.25) is 0 Å². The highest BCUT2D eigenvalue weighted by molar-refractivity contribution is 7.51. The van der Waals surface area contributed by atoms with Crippen molar-refractivity contribution in [3.8, 4) is 0 Å². The average molecular weight is 181 g/mol. The quantitative estimate of drug-likeness (QED) is 0.613. The van der Waals surface area contributed by atoms with E-state index in [1.807, 2.05) is 12.1 Å². The summed E-state index contributed by atoms with van der Waals surface area (Å²) in [7, 11) is -0.287. The lowest BCUT2D eigenvalue weighted by molar-refractivity contribution is 0.690. The average Bonchev–Trinajstić information content (AvgIpc) is 2.46. The van der Waals surface area contributed by atoms with Crippen LogP contribution in [0.25, 0.3) is 0 Å². The summed E-state index contributed by atoms with van der Waals surface area (Å²) >= 11 is 0. The molecule has 12 heavy (non-hydrogen) atoms. The van der Waals surface area contributed by atoms with Crippen LogP contribution in [0.3, 0.4) is 0 Å². The van der Waals surface area contributed by atoms with Crippen LogP contribution in [-0.2, 0) is 6.16 Å². The molecular weight excluding hydrogens is 165 g/mol. The Morgan fingerprint density at radius 1 is 1.33 bits per heavy atom. The van der Waals surface area contributed by atoms with Crippen LogP contribution >= 0.6 is 7.53 Å². The molecule has 0 saturated carbocycles. The van der Waals surface area contributed by atoms with E-state index in [0.717, 1.165) is 0 Å². The fraction of sp³-hybridized carbons (Fsp3) is 0.600. The van der Waals surface area contributed by atoms with Gasteiger partial charge >= 0.3 is 0 Å². The Kier molecular flexibility index (Phi) is 4.24. The summed E-state index contributed by atoms with van der Waals surface area (Å²) in [6.45, 7) is 2.22. The van der Waals surface area contributed by atoms with Crippen molar-refractivity contribution in [1.82, 2.24) is 5.73 Å². The number of rotatable bonds is 5. The lowest BCUT2D eigenvalue weighted by Crippen LogP contribution is -1.75. The molecule has 0 bridgehead atoms. The number of unbranched alkanes of at least 4 members (excludes halogenated alkanes) is 3. The first-order valence-corrected chi connectivity index (χ1v) is 6.28. The van der Waals surface area contributed by atoms with Crippen molar-refractivity contribution >= 4 is 13.0 Å². The molecule has 66 valence electrons. The molecule has 1 nitrogen and oxygen atoms in total. The molecule has 2 radical (unpaired) electrons. The van der Waals surface area contributed by atoms with E-state index in [1.54, 1.807) is 0 Å². The SMILES string of the molecule is CCCCCCp1cccc1[N]. The summed E-state index contributed by atoms with van der Waals surface area (Å²) < 4.78 is 0. The molecule has 1 aromatic rings. The van der Waals surface area contributed by atoms with E-state index in [4.69, 9.17) is 0 Å². The van der Waals surface area contributed by atoms with E-state index < -0.39 is 0 Å². The summed E-state index contributed by atoms with van der Waals surface area (Å²) in [5, 5.41) is 0. The lowest BCUT2D eigenvalue weighted by atomic mass is 10.2. The maximum absolute atomic E-state index is 9.37. The van der Waals surface area contributed by atoms with Crippen LogP contribution < -0.4 is 5.73 Å². The topological polar surface area (TPSA) is 22.3 Å². The van der Waals surface area contributed by atoms with Gasteiger partial charge in [0.05, 0.1) is 0 Å². The van der Waals surface area contributed by atoms with Crippen LogP contribution in [0.4, 0.5) is 5.42 Å². The standard InChI is InChI=1S/C10H16NP/c1-2-3-4-5-8-12-9-6-7-10(12)11/h6-7,9H,2-5,8H2,1H3. The Balaban J connectivity index is 2.20. The second-order valence-electron chi connectivity index (χ2n) is 3.12. The number of hydrogen-bond acceptors (Lipinski definition) is 0. The molecule has 0 fully saturated rings. The van der Waals surface area contributed by atoms with Gasteiger partial charge in [0.1, 0.15) is 5.42 Å². The Hall–Kier alpha value is -0.420. The van der Waals surface area contributed by atoms with E-state index >= 15 is 0 Å². The van der Waals surface area contributed by atoms with Crippen molar-refractivity contribution in [2.24, 2.45) is 0 Å². The Bertz CT molecular complexity index is 217. The van der Waals surface area contributed by atoms with Gasteiger partial charge in [-0.15, -0.1) is 5.73 Å². The lowest BCUT2D eigenvalue weighted by Gasteiger charge is -1.99. The summed E-state index contributed by atoms with van der Waals surface area (Å²) in [4.78, 5) is 0. The van der Waals surface area contributed by atoms with Crippen molar-refractivity contribution in [1.29, 1.82) is 0 Å². The molecule has 1 heterocycles. The second kappa shape index (κ2) is 5.27. The zero-order valence-electron chi connectivity index (χ0n) is 7.66. The predicted octanol–water partition coefficient (Wildman–Crippen LogP) is 3.95. The largest absolute Gasteiger partial charge is 0.146 e. The molecular formula is C10H16NP. The van der Waals surface area contributed by atoms with E-state index in [0.29, 0.717) is 5.42 Å². The molecule has 0 N–H and O–H groups in total. The fourth-order valence-electron chi connectivity index (χ4n) is 1.30. The molecule has 0 aromatic carbocycles. The summed E-state index contributed by atoms with van der Waals surface area (Å²) in [5.74, 6) is 2.15. The molecule has 1 rings (SSSR count). The van der Waals surface area contributed by atoms with Crippen molar-refractivity contribution in [3.63, 3.8) is 0 Å². The van der Waals surface area contributed by atoms with Crippen molar-refractivity contribution in [3.05, 3.63) is 17.9 Å². The molecule has 0 aliphatic heterocycles. The third-order valence-electron chi connectivity index (χ3n) is 2.06. The van der Waals surface area contributed by atoms with Crippen LogP contribution in [-0.4, -0.2) is 0 Å². The molecule has 0 spiro atoms. The minimum atomic E-state index is -0.287. The van der Waals surface area contributed by atoms with Gasteiger partial charge < -0.3 is 0 Å². The van der Waals surface area contributed by atoms with Gasteiger partial charge in [-0.25, -0.2) is 0 Å². The van der Waals surface area contributed by atoms with E-state index in [2.05, 4.69) is 12.7 Å². The van der Waals surface area contributed by atoms with Gasteiger partial charge in [0, 0.05) is 0 Å². The van der Waals surface area contributed by atoms with E-state index in [9.17, 15) is 5.73 Å². The molecule has 0 aliphatic rings. The zero-order chi connectivity index (χ0) is 8.81. The van der Waals surface area contributed by atoms with Gasteiger partial charge in [0.2, 0.25) is 0 Å². The highest BCUT2D eigenvalue weighted by atomic mass is 31.1. The van der Waals surface area contributed by atoms with Gasteiger partial charge in [-0.3, -0.25) is 0 Å². The summed E-state index contributed by atoms with van der Waals surface area (Å²) in [5.41, 5.74) is 9.99. The van der Waals surface area contributed by atoms with Crippen LogP contribution in [0.5, 0.6) is 0 Å². The normalized spacial score (nSPS) is 11.9. The third kappa shape index (κ3) is 2.91. The fourth-order valence-corrected chi connectivity index (χ4v) is 2.97. The maximum Gasteiger partial charge on any atom is 0.104 e. The van der Waals surface area contributed by atoms with Gasteiger partial charge in [-0.1, -0.05) is 39.8 Å². The van der Waals surface area contributed by atoms with Crippen LogP contribution in [0.15, 0.2) is 17.9 Å². The summed E-state index contributed by atoms with van der Waals surface area (Å²) in [6, 6.07) is 3.80. The number of aryl methyl sites for hydroxylation is 1. The zero-order valence-corrected chi connectivity index (χ0v) is 8.56. The van der Waals surface area contributed by atoms with Crippen molar-refractivity contribution in [2.45, 2.75) is 38.8 Å². The first-order chi connectivity index (χ1) is 5.84. The molecule has 0 aliphatic carbocycles. The van der Waals surface area contributed by atoms with Gasteiger partial charge in [-0.05, 0) is 24.4 Å². The van der Waals surface area contributed by atoms with Crippen molar-refractivity contribution in [2.75, 3.05) is 0 Å². The van der Waals surface area contributed by atoms with Gasteiger partial charge in [-0.2, -0.15) is 0 Å². The highest BCUT2D eigenvalue weighted by Gasteiger charge is 1.98.